The number of hydrogen-bond acceptors (Lipinski definition) is 0. The molecule has 1 aliphatic rings. The Morgan fingerprint density at radius 2 is 0.700 bits per heavy atom. The van der Waals surface area contributed by atoms with Gasteiger partial charge in [0.1, 0.15) is 15.9 Å². The summed E-state index contributed by atoms with van der Waals surface area (Å²) in [6, 6.07) is 32.5. The molecule has 0 saturated heterocycles. The van der Waals surface area contributed by atoms with Crippen LogP contribution in [0.3, 0.4) is 0 Å². The number of hydrogen-bond donors (Lipinski definition) is 0. The number of rotatable bonds is 3. The predicted octanol–water partition coefficient (Wildman–Crippen LogP) is 8.14. The molecule has 0 aromatic heterocycles. The molecule has 4 rings (SSSR count). The maximum absolute atomic E-state index is 9.84. The van der Waals surface area contributed by atoms with Crippen LogP contribution in [0.4, 0.5) is 21.0 Å². The summed E-state index contributed by atoms with van der Waals surface area (Å²) in [4.78, 5) is 0. The van der Waals surface area contributed by atoms with Crippen LogP contribution in [0.5, 0.6) is 0 Å². The Morgan fingerprint density at radius 3 is 0.875 bits per heavy atom. The zero-order valence-electron chi connectivity index (χ0n) is 22.3. The second-order valence-corrected chi connectivity index (χ2v) is 11.9. The van der Waals surface area contributed by atoms with Gasteiger partial charge in [-0.2, -0.15) is 0 Å². The Labute approximate surface area is 260 Å². The van der Waals surface area contributed by atoms with Gasteiger partial charge in [-0.15, -0.1) is 23.2 Å². The molecule has 0 fully saturated rings. The van der Waals surface area contributed by atoms with Crippen molar-refractivity contribution in [2.75, 3.05) is 5.34 Å². The van der Waals surface area contributed by atoms with E-state index in [1.807, 2.05) is 0 Å². The van der Waals surface area contributed by atoms with E-state index < -0.39 is 16.1 Å². The molecule has 0 bridgehead atoms. The van der Waals surface area contributed by atoms with Crippen LogP contribution in [0.1, 0.15) is 25.7 Å². The Balaban J connectivity index is -0.000000261. The Kier molecular flexibility index (Phi) is 29.2. The first-order chi connectivity index (χ1) is 17.1. The molecule has 1 aliphatic carbocycles. The quantitative estimate of drug-likeness (QED) is 0.0637. The fourth-order valence-corrected chi connectivity index (χ4v) is 5.75. The van der Waals surface area contributed by atoms with Gasteiger partial charge in [-0.3, -0.25) is 0 Å². The summed E-state index contributed by atoms with van der Waals surface area (Å²) in [6.07, 6.45) is 14.0. The van der Waals surface area contributed by atoms with Crippen LogP contribution < -0.4 is 20.6 Å². The van der Waals surface area contributed by atoms with Crippen molar-refractivity contribution in [1.29, 1.82) is 0 Å². The maximum Gasteiger partial charge on any atom is 3.00 e. The molecule has 0 N–H and O–H groups in total. The molecule has 11 heteroatoms. The van der Waals surface area contributed by atoms with E-state index in [4.69, 9.17) is 23.2 Å². The minimum atomic E-state index is -8.55. The van der Waals surface area contributed by atoms with Crippen molar-refractivity contribution in [1.82, 2.24) is 0 Å². The van der Waals surface area contributed by atoms with Gasteiger partial charge in [0.05, 0.1) is 13.3 Å². The van der Waals surface area contributed by atoms with Crippen LogP contribution in [0, 0.1) is 14.9 Å². The van der Waals surface area contributed by atoms with Gasteiger partial charge in [0.25, 0.3) is 0 Å². The van der Waals surface area contributed by atoms with Crippen molar-refractivity contribution >= 4 is 55.2 Å². The Bertz CT molecular complexity index is 883. The van der Waals surface area contributed by atoms with Gasteiger partial charge in [0, 0.05) is 0 Å². The summed E-state index contributed by atoms with van der Waals surface area (Å²) in [6.45, 7) is 0. The summed E-state index contributed by atoms with van der Waals surface area (Å²) in [5, 5.41) is 4.50. The zero-order chi connectivity index (χ0) is 26.7. The third kappa shape index (κ3) is 25.7. The van der Waals surface area contributed by atoms with Gasteiger partial charge in [0.2, 0.25) is 0 Å². The topological polar surface area (TPSA) is 0 Å². The summed E-state index contributed by atoms with van der Waals surface area (Å²) >= 11 is 9.53. The van der Waals surface area contributed by atoms with Crippen LogP contribution in [0.15, 0.2) is 115 Å². The molecule has 0 amide bonds. The van der Waals surface area contributed by atoms with Crippen LogP contribution in [0.25, 0.3) is 0 Å². The van der Waals surface area contributed by atoms with Crippen molar-refractivity contribution in [3.8, 4) is 0 Å². The van der Waals surface area contributed by atoms with Gasteiger partial charge in [-0.05, 0) is 62.1 Å². The largest absolute Gasteiger partial charge is 3.00 e. The van der Waals surface area contributed by atoms with Gasteiger partial charge in [-0.1, -0.05) is 78.9 Å². The molecule has 0 atom stereocenters. The molecular formula is C29H36Cl2F6P2Rh+. The summed E-state index contributed by atoms with van der Waals surface area (Å²) in [7, 11) is -9.43. The van der Waals surface area contributed by atoms with Crippen molar-refractivity contribution in [3.05, 3.63) is 130 Å². The van der Waals surface area contributed by atoms with Gasteiger partial charge >= 0.3 is 48.6 Å². The standard InChI is InChI=1S/C18H15P.C8H12.CH2Cl2.2CH3.F5P.FH.Rh/c1-4-10-16(11-5-1)19(17-12-6-2-7-13-17)18-14-8-3-9-15-18;1-2-4-6-8-7-5-3-1;2-1-3;;;1-6(2,3,4)5;;/h1-15H;1-2,7-8H,3-6H2;1H2;2*1H3;;1H;/q;;;2*-1;;;+3/b;2-1-,8-7-;;;;;;. The fraction of sp³-hybridized carbons (Fsp3) is 0.172. The van der Waals surface area contributed by atoms with Crippen molar-refractivity contribution < 1.29 is 45.2 Å². The van der Waals surface area contributed by atoms with Crippen molar-refractivity contribution in [2.24, 2.45) is 0 Å². The maximum atomic E-state index is 9.84. The number of benzene rings is 3. The van der Waals surface area contributed by atoms with E-state index in [0.717, 1.165) is 0 Å². The molecule has 0 unspecified atom stereocenters. The number of alkyl halides is 2. The third-order valence-corrected chi connectivity index (χ3v) is 7.25. The Hall–Kier alpha value is -1.22. The van der Waals surface area contributed by atoms with Gasteiger partial charge in [0.15, 0.2) is 0 Å². The summed E-state index contributed by atoms with van der Waals surface area (Å²) in [5.74, 6) is 0. The molecule has 3 aromatic rings. The fourth-order valence-electron chi connectivity index (χ4n) is 3.17. The molecule has 0 heterocycles. The second-order valence-electron chi connectivity index (χ2n) is 7.31. The van der Waals surface area contributed by atoms with E-state index in [-0.39, 0.29) is 44.4 Å². The molecule has 0 saturated carbocycles. The van der Waals surface area contributed by atoms with E-state index in [1.54, 1.807) is 0 Å². The van der Waals surface area contributed by atoms with Crippen molar-refractivity contribution in [3.63, 3.8) is 0 Å². The number of halogens is 8. The predicted molar refractivity (Wildman–Crippen MR) is 165 cm³/mol. The summed E-state index contributed by atoms with van der Waals surface area (Å²) in [5.41, 5.74) is 0. The van der Waals surface area contributed by atoms with Gasteiger partial charge in [-0.25, -0.2) is 0 Å². The molecule has 3 aromatic carbocycles. The van der Waals surface area contributed by atoms with Crippen LogP contribution in [-0.2, 0) is 19.5 Å². The van der Waals surface area contributed by atoms with E-state index in [2.05, 4.69) is 115 Å². The van der Waals surface area contributed by atoms with Crippen LogP contribution >= 0.6 is 39.3 Å². The molecule has 40 heavy (non-hydrogen) atoms. The minimum Gasteiger partial charge on any atom is -1.00 e. The first kappa shape index (κ1) is 45.8. The SMILES string of the molecule is C1=C\CC/C=C\CC/1.ClCCl.FP(F)(F)(F)F.[CH3-].[CH3-].[F-].[Rh+3].c1ccc([PH+](c2ccccc2)c2ccccc2)cc1. The Morgan fingerprint density at radius 1 is 0.525 bits per heavy atom. The zero-order valence-corrected chi connectivity index (χ0v) is 27.4. The van der Waals surface area contributed by atoms with E-state index in [0.29, 0.717) is 0 Å². The first-order valence-electron chi connectivity index (χ1n) is 11.2. The summed E-state index contributed by atoms with van der Waals surface area (Å²) < 4.78 is 49.2. The minimum absolute atomic E-state index is 0. The average Bonchev–Trinajstić information content (AvgIpc) is 2.80. The van der Waals surface area contributed by atoms with Gasteiger partial charge < -0.3 is 19.6 Å². The average molecular weight is 734 g/mol. The van der Waals surface area contributed by atoms with Crippen LogP contribution in [0.2, 0.25) is 0 Å². The molecule has 0 spiro atoms. The third-order valence-electron chi connectivity index (χ3n) is 4.52. The molecular weight excluding hydrogens is 698 g/mol. The van der Waals surface area contributed by atoms with Crippen molar-refractivity contribution in [2.45, 2.75) is 25.7 Å². The normalized spacial score (nSPS) is 13.9. The molecule has 226 valence electrons. The van der Waals surface area contributed by atoms with E-state index in [1.165, 1.54) is 41.6 Å². The smallest absolute Gasteiger partial charge is 1.00 e. The molecule has 0 radical (unpaired) electrons. The van der Waals surface area contributed by atoms with Crippen LogP contribution in [-0.4, -0.2) is 5.34 Å². The number of allylic oxidation sites excluding steroid dienone is 4. The second kappa shape index (κ2) is 25.5. The molecule has 0 aliphatic heterocycles. The van der Waals surface area contributed by atoms with E-state index in [9.17, 15) is 21.0 Å². The first-order valence-corrected chi connectivity index (χ1v) is 15.4. The molecule has 0 nitrogen and oxygen atoms in total. The monoisotopic (exact) mass is 733 g/mol. The van der Waals surface area contributed by atoms with E-state index >= 15 is 0 Å².